The van der Waals surface area contributed by atoms with E-state index in [9.17, 15) is 9.59 Å². The molecule has 0 spiro atoms. The van der Waals surface area contributed by atoms with Gasteiger partial charge in [0.05, 0.1) is 17.4 Å². The Morgan fingerprint density at radius 1 is 0.774 bits per heavy atom. The molecule has 5 rings (SSSR count). The smallest absolute Gasteiger partial charge is 0.266 e. The van der Waals surface area contributed by atoms with E-state index in [4.69, 9.17) is 4.84 Å². The molecule has 2 amide bonds. The van der Waals surface area contributed by atoms with Crippen LogP contribution >= 0.6 is 0 Å². The second-order valence-electron chi connectivity index (χ2n) is 8.33. The van der Waals surface area contributed by atoms with Crippen LogP contribution in [0.15, 0.2) is 72.8 Å². The molecule has 2 heterocycles. The molecule has 2 aliphatic heterocycles. The molecule has 31 heavy (non-hydrogen) atoms. The van der Waals surface area contributed by atoms with Gasteiger partial charge in [0.15, 0.2) is 6.10 Å². The highest BCUT2D eigenvalue weighted by atomic mass is 16.7. The fourth-order valence-electron chi connectivity index (χ4n) is 4.95. The van der Waals surface area contributed by atoms with Gasteiger partial charge in [0.2, 0.25) is 5.91 Å². The van der Waals surface area contributed by atoms with Crippen LogP contribution in [0.2, 0.25) is 0 Å². The van der Waals surface area contributed by atoms with Crippen LogP contribution in [-0.2, 0) is 14.4 Å². The van der Waals surface area contributed by atoms with Crippen molar-refractivity contribution in [1.29, 1.82) is 0 Å². The molecule has 0 radical (unpaired) electrons. The Morgan fingerprint density at radius 2 is 1.35 bits per heavy atom. The molecule has 0 bridgehead atoms. The molecule has 0 N–H and O–H groups in total. The van der Waals surface area contributed by atoms with Crippen LogP contribution in [0.1, 0.15) is 28.3 Å². The van der Waals surface area contributed by atoms with E-state index in [1.54, 1.807) is 5.06 Å². The van der Waals surface area contributed by atoms with E-state index in [0.29, 0.717) is 5.69 Å². The predicted octanol–water partition coefficient (Wildman–Crippen LogP) is 4.66. The maximum Gasteiger partial charge on any atom is 0.266 e. The topological polar surface area (TPSA) is 49.9 Å². The van der Waals surface area contributed by atoms with Gasteiger partial charge in [-0.05, 0) is 49.6 Å². The molecule has 3 aromatic carbocycles. The van der Waals surface area contributed by atoms with Crippen molar-refractivity contribution in [3.8, 4) is 0 Å². The molecule has 3 atom stereocenters. The van der Waals surface area contributed by atoms with Gasteiger partial charge in [0.1, 0.15) is 5.92 Å². The lowest BCUT2D eigenvalue weighted by Gasteiger charge is -2.29. The van der Waals surface area contributed by atoms with Crippen LogP contribution in [0, 0.1) is 26.7 Å². The number of carbonyl (C=O) groups is 2. The first-order valence-corrected chi connectivity index (χ1v) is 10.5. The third-order valence-electron chi connectivity index (χ3n) is 6.13. The van der Waals surface area contributed by atoms with E-state index in [2.05, 4.69) is 0 Å². The molecule has 2 saturated heterocycles. The molecule has 0 unspecified atom stereocenters. The fraction of sp³-hybridized carbons (Fsp3) is 0.231. The Bertz CT molecular complexity index is 1140. The van der Waals surface area contributed by atoms with Crippen molar-refractivity contribution >= 4 is 23.2 Å². The van der Waals surface area contributed by atoms with Crippen LogP contribution in [-0.4, -0.2) is 17.9 Å². The lowest BCUT2D eigenvalue weighted by atomic mass is 9.90. The van der Waals surface area contributed by atoms with Gasteiger partial charge in [-0.25, -0.2) is 9.96 Å². The maximum absolute atomic E-state index is 13.7. The first kappa shape index (κ1) is 19.5. The van der Waals surface area contributed by atoms with Crippen LogP contribution in [0.3, 0.4) is 0 Å². The third-order valence-corrected chi connectivity index (χ3v) is 6.13. The van der Waals surface area contributed by atoms with E-state index in [-0.39, 0.29) is 17.9 Å². The number of fused-ring (bicyclic) bond motifs is 1. The summed E-state index contributed by atoms with van der Waals surface area (Å²) < 4.78 is 0. The second-order valence-corrected chi connectivity index (χ2v) is 8.33. The van der Waals surface area contributed by atoms with Crippen LogP contribution in [0.5, 0.6) is 0 Å². The van der Waals surface area contributed by atoms with E-state index < -0.39 is 12.0 Å². The summed E-state index contributed by atoms with van der Waals surface area (Å²) in [6.45, 7) is 5.89. The summed E-state index contributed by atoms with van der Waals surface area (Å²) in [5.74, 6) is -1.13. The molecule has 0 aliphatic carbocycles. The molecule has 156 valence electrons. The van der Waals surface area contributed by atoms with E-state index >= 15 is 0 Å². The summed E-state index contributed by atoms with van der Waals surface area (Å²) in [7, 11) is 0. The average molecular weight is 412 g/mol. The lowest BCUT2D eigenvalue weighted by molar-refractivity contribution is -0.126. The number of carbonyl (C=O) groups excluding carboxylic acids is 2. The standard InChI is InChI=1S/C26H24N2O3/c1-16-14-17(2)22(18(3)15-16)27-25(29)21-23(19-10-6-4-7-11-19)28(31-24(21)26(27)30)20-12-8-5-9-13-20/h4-15,21,23-24H,1-3H3/t21-,23-,24-/m1/s1. The zero-order chi connectivity index (χ0) is 21.7. The number of nitrogens with zero attached hydrogens (tertiary/aromatic N) is 2. The first-order chi connectivity index (χ1) is 15.0. The molecule has 3 aromatic rings. The maximum atomic E-state index is 13.7. The monoisotopic (exact) mass is 412 g/mol. The van der Waals surface area contributed by atoms with Crippen molar-refractivity contribution in [3.63, 3.8) is 0 Å². The summed E-state index contributed by atoms with van der Waals surface area (Å²) >= 11 is 0. The largest absolute Gasteiger partial charge is 0.273 e. The summed E-state index contributed by atoms with van der Waals surface area (Å²) in [5.41, 5.74) is 5.37. The molecule has 5 nitrogen and oxygen atoms in total. The average Bonchev–Trinajstić information content (AvgIpc) is 3.26. The van der Waals surface area contributed by atoms with E-state index in [0.717, 1.165) is 27.9 Å². The number of amides is 2. The fourth-order valence-corrected chi connectivity index (χ4v) is 4.95. The Kier molecular flexibility index (Phi) is 4.63. The SMILES string of the molecule is Cc1cc(C)c(N2C(=O)[C@@H]3[C@@H](c4ccccc4)N(c4ccccc4)O[C@H]3C2=O)c(C)c1. The lowest BCUT2D eigenvalue weighted by Crippen LogP contribution is -2.38. The Labute approximate surface area is 181 Å². The van der Waals surface area contributed by atoms with E-state index in [1.165, 1.54) is 4.90 Å². The van der Waals surface area contributed by atoms with Crippen molar-refractivity contribution < 1.29 is 14.4 Å². The molecule has 0 saturated carbocycles. The van der Waals surface area contributed by atoms with Gasteiger partial charge < -0.3 is 0 Å². The Balaban J connectivity index is 1.61. The number of hydroxylamine groups is 1. The molecule has 2 fully saturated rings. The second kappa shape index (κ2) is 7.36. The highest BCUT2D eigenvalue weighted by Gasteiger charge is 2.60. The predicted molar refractivity (Wildman–Crippen MR) is 120 cm³/mol. The molecule has 2 aliphatic rings. The van der Waals surface area contributed by atoms with Gasteiger partial charge in [-0.3, -0.25) is 14.4 Å². The number of hydrogen-bond donors (Lipinski definition) is 0. The minimum Gasteiger partial charge on any atom is -0.273 e. The number of benzene rings is 3. The molecule has 5 heteroatoms. The minimum atomic E-state index is -0.849. The van der Waals surface area contributed by atoms with E-state index in [1.807, 2.05) is 93.6 Å². The minimum absolute atomic E-state index is 0.211. The highest BCUT2D eigenvalue weighted by molar-refractivity contribution is 6.24. The van der Waals surface area contributed by atoms with Crippen molar-refractivity contribution in [3.05, 3.63) is 95.1 Å². The number of anilines is 2. The Morgan fingerprint density at radius 3 is 1.97 bits per heavy atom. The molecular weight excluding hydrogens is 388 g/mol. The quantitative estimate of drug-likeness (QED) is 0.587. The molecular formula is C26H24N2O3. The third kappa shape index (κ3) is 3.04. The number of imide groups is 1. The van der Waals surface area contributed by atoms with Crippen molar-refractivity contribution in [2.45, 2.75) is 32.9 Å². The molecule has 0 aromatic heterocycles. The van der Waals surface area contributed by atoms with Crippen LogP contribution < -0.4 is 9.96 Å². The van der Waals surface area contributed by atoms with Gasteiger partial charge in [-0.15, -0.1) is 0 Å². The van der Waals surface area contributed by atoms with Gasteiger partial charge in [-0.2, -0.15) is 0 Å². The van der Waals surface area contributed by atoms with Crippen LogP contribution in [0.4, 0.5) is 11.4 Å². The zero-order valence-electron chi connectivity index (χ0n) is 17.8. The summed E-state index contributed by atoms with van der Waals surface area (Å²) in [6, 6.07) is 23.0. The zero-order valence-corrected chi connectivity index (χ0v) is 17.8. The summed E-state index contributed by atoms with van der Waals surface area (Å²) in [5, 5.41) is 1.73. The number of para-hydroxylation sites is 1. The normalized spacial score (nSPS) is 22.9. The van der Waals surface area contributed by atoms with Gasteiger partial charge in [0.25, 0.3) is 5.91 Å². The first-order valence-electron chi connectivity index (χ1n) is 10.5. The van der Waals surface area contributed by atoms with Crippen molar-refractivity contribution in [2.24, 2.45) is 5.92 Å². The van der Waals surface area contributed by atoms with Crippen LogP contribution in [0.25, 0.3) is 0 Å². The van der Waals surface area contributed by atoms with Crippen molar-refractivity contribution in [2.75, 3.05) is 9.96 Å². The number of rotatable bonds is 3. The van der Waals surface area contributed by atoms with Gasteiger partial charge in [-0.1, -0.05) is 66.2 Å². The summed E-state index contributed by atoms with van der Waals surface area (Å²) in [4.78, 5) is 34.8. The van der Waals surface area contributed by atoms with Gasteiger partial charge >= 0.3 is 0 Å². The Hall–Kier alpha value is -3.44. The number of aryl methyl sites for hydroxylation is 3. The highest BCUT2D eigenvalue weighted by Crippen LogP contribution is 2.48. The number of hydrogen-bond acceptors (Lipinski definition) is 4. The summed E-state index contributed by atoms with van der Waals surface area (Å²) in [6.07, 6.45) is -0.849. The van der Waals surface area contributed by atoms with Crippen molar-refractivity contribution in [1.82, 2.24) is 0 Å². The van der Waals surface area contributed by atoms with Gasteiger partial charge in [0, 0.05) is 0 Å².